The van der Waals surface area contributed by atoms with Crippen LogP contribution in [0.5, 0.6) is 0 Å². The van der Waals surface area contributed by atoms with E-state index in [1.54, 1.807) is 0 Å². The maximum atomic E-state index is 9.26. The molecule has 12 aromatic rings. The van der Waals surface area contributed by atoms with Gasteiger partial charge in [0.2, 0.25) is 0 Å². The van der Waals surface area contributed by atoms with Crippen molar-refractivity contribution in [3.05, 3.63) is 232 Å². The number of benzene rings is 12. The molecule has 0 aliphatic carbocycles. The van der Waals surface area contributed by atoms with E-state index in [2.05, 4.69) is 240 Å². The van der Waals surface area contributed by atoms with Gasteiger partial charge in [0.1, 0.15) is 0 Å². The van der Waals surface area contributed by atoms with Crippen molar-refractivity contribution in [1.82, 2.24) is 0 Å². The number of halogens is 1. The fourth-order valence-corrected chi connectivity index (χ4v) is 12.3. The molecule has 12 rings (SSSR count). The minimum Gasteiger partial charge on any atom is -0.310 e. The predicted octanol–water partition coefficient (Wildman–Crippen LogP) is 19.5. The van der Waals surface area contributed by atoms with Crippen molar-refractivity contribution < 1.29 is 0 Å². The highest BCUT2D eigenvalue weighted by atomic mass is 127. The van der Waals surface area contributed by atoms with Gasteiger partial charge >= 0.3 is 0 Å². The fourth-order valence-electron chi connectivity index (χ4n) is 11.1. The molecule has 0 amide bonds. The minimum atomic E-state index is -1.08. The van der Waals surface area contributed by atoms with Gasteiger partial charge in [0.25, 0.3) is 0 Å². The molecule has 0 fully saturated rings. The van der Waals surface area contributed by atoms with Crippen molar-refractivity contribution >= 4 is 103 Å². The molecule has 12 aromatic carbocycles. The van der Waals surface area contributed by atoms with Crippen LogP contribution >= 0.6 is 21.0 Å². The summed E-state index contributed by atoms with van der Waals surface area (Å²) in [5, 5.41) is 15.1. The van der Waals surface area contributed by atoms with Crippen LogP contribution in [0.2, 0.25) is 0 Å². The summed E-state index contributed by atoms with van der Waals surface area (Å²) < 4.78 is 10.4. The standard InChI is InChI=1S/C65H49IN2/c1-39-36-60(41(3)33-56(39)53-24-12-18-47-30-27-44-15-6-9-21-50(44)63(47)53)68(61-37-40(2)57(34-42(61)4)54-25-13-19-48-31-28-45-16-7-10-22-51(45)64(48)54)62-38-59(66-67)58(35-43(62)5)55-26-14-20-49-32-29-46-17-8-11-23-52(46)65(49)55/h6-38,67H,1-5H3. The van der Waals surface area contributed by atoms with Crippen molar-refractivity contribution in [2.45, 2.75) is 34.6 Å². The van der Waals surface area contributed by atoms with Gasteiger partial charge in [-0.1, -0.05) is 164 Å². The lowest BCUT2D eigenvalue weighted by atomic mass is 9.89. The van der Waals surface area contributed by atoms with Gasteiger partial charge in [0.15, 0.2) is 0 Å². The zero-order chi connectivity index (χ0) is 46.2. The number of nitrogens with one attached hydrogen (secondary N) is 1. The van der Waals surface area contributed by atoms with Crippen molar-refractivity contribution in [3.8, 4) is 33.4 Å². The van der Waals surface area contributed by atoms with Crippen LogP contribution in [0.1, 0.15) is 27.8 Å². The summed E-state index contributed by atoms with van der Waals surface area (Å²) >= 11 is -1.08. The van der Waals surface area contributed by atoms with Crippen molar-refractivity contribution in [2.24, 2.45) is 0 Å². The smallest absolute Gasteiger partial charge is 0.0502 e. The summed E-state index contributed by atoms with van der Waals surface area (Å²) in [7, 11) is 0. The average molecular weight is 985 g/mol. The zero-order valence-electron chi connectivity index (χ0n) is 38.9. The lowest BCUT2D eigenvalue weighted by Crippen LogP contribution is -2.15. The van der Waals surface area contributed by atoms with Gasteiger partial charge in [-0.05, 0) is 197 Å². The Hall–Kier alpha value is -7.47. The van der Waals surface area contributed by atoms with Crippen molar-refractivity contribution in [2.75, 3.05) is 4.90 Å². The molecule has 3 heteroatoms. The minimum absolute atomic E-state index is 1.08. The summed E-state index contributed by atoms with van der Waals surface area (Å²) in [6.45, 7) is 11.4. The molecular formula is C65H49IN2. The van der Waals surface area contributed by atoms with E-state index in [0.29, 0.717) is 0 Å². The Labute approximate surface area is 408 Å². The van der Waals surface area contributed by atoms with Gasteiger partial charge in [0.05, 0.1) is 5.69 Å². The molecule has 68 heavy (non-hydrogen) atoms. The lowest BCUT2D eigenvalue weighted by Gasteiger charge is -2.32. The highest BCUT2D eigenvalue weighted by molar-refractivity contribution is 14.2. The molecule has 0 aliphatic rings. The first kappa shape index (κ1) is 41.9. The van der Waals surface area contributed by atoms with Gasteiger partial charge in [0, 0.05) is 36.0 Å². The molecule has 0 unspecified atom stereocenters. The second kappa shape index (κ2) is 16.7. The van der Waals surface area contributed by atoms with Crippen LogP contribution < -0.4 is 4.90 Å². The Morgan fingerprint density at radius 2 is 0.618 bits per heavy atom. The van der Waals surface area contributed by atoms with Crippen molar-refractivity contribution in [3.63, 3.8) is 0 Å². The second-order valence-corrected chi connectivity index (χ2v) is 20.2. The fraction of sp³-hybridized carbons (Fsp3) is 0.0769. The largest absolute Gasteiger partial charge is 0.310 e. The topological polar surface area (TPSA) is 27.1 Å². The van der Waals surface area contributed by atoms with Crippen LogP contribution in [0.25, 0.3) is 98.0 Å². The summed E-state index contributed by atoms with van der Waals surface area (Å²) in [6.07, 6.45) is 0. The van der Waals surface area contributed by atoms with E-state index in [-0.39, 0.29) is 0 Å². The van der Waals surface area contributed by atoms with E-state index in [4.69, 9.17) is 0 Å². The van der Waals surface area contributed by atoms with E-state index >= 15 is 0 Å². The molecule has 0 radical (unpaired) electrons. The first-order valence-corrected chi connectivity index (χ1v) is 25.6. The number of nitrogens with zero attached hydrogens (tertiary/aromatic N) is 1. The Morgan fingerprint density at radius 3 is 1.01 bits per heavy atom. The monoisotopic (exact) mass is 984 g/mol. The van der Waals surface area contributed by atoms with Gasteiger partial charge in [-0.15, -0.1) is 0 Å². The summed E-state index contributed by atoms with van der Waals surface area (Å²) in [6, 6.07) is 74.1. The molecule has 0 spiro atoms. The van der Waals surface area contributed by atoms with Gasteiger partial charge in [-0.3, -0.25) is 3.56 Å². The zero-order valence-corrected chi connectivity index (χ0v) is 41.0. The van der Waals surface area contributed by atoms with E-state index in [1.165, 1.54) is 120 Å². The highest BCUT2D eigenvalue weighted by Gasteiger charge is 2.25. The van der Waals surface area contributed by atoms with E-state index in [9.17, 15) is 3.56 Å². The summed E-state index contributed by atoms with van der Waals surface area (Å²) in [4.78, 5) is 2.51. The molecule has 0 saturated carbocycles. The second-order valence-electron chi connectivity index (χ2n) is 18.5. The quantitative estimate of drug-likeness (QED) is 0.125. The Kier molecular flexibility index (Phi) is 10.3. The van der Waals surface area contributed by atoms with Crippen LogP contribution in [0.15, 0.2) is 200 Å². The third-order valence-electron chi connectivity index (χ3n) is 14.4. The van der Waals surface area contributed by atoms with E-state index in [0.717, 1.165) is 26.2 Å². The molecule has 1 N–H and O–H groups in total. The summed E-state index contributed by atoms with van der Waals surface area (Å²) in [5.74, 6) is 0. The normalized spacial score (nSPS) is 11.7. The molecule has 0 heterocycles. The van der Waals surface area contributed by atoms with E-state index < -0.39 is 21.0 Å². The van der Waals surface area contributed by atoms with Gasteiger partial charge < -0.3 is 4.90 Å². The Balaban J connectivity index is 1.09. The average Bonchev–Trinajstić information content (AvgIpc) is 3.37. The number of anilines is 3. The molecular weight excluding hydrogens is 936 g/mol. The maximum Gasteiger partial charge on any atom is 0.0502 e. The third kappa shape index (κ3) is 6.82. The molecule has 0 bridgehead atoms. The number of aryl methyl sites for hydroxylation is 5. The number of hydrogen-bond donors (Lipinski definition) is 1. The molecule has 326 valence electrons. The van der Waals surface area contributed by atoms with Crippen LogP contribution in [-0.4, -0.2) is 0 Å². The Morgan fingerprint density at radius 1 is 0.294 bits per heavy atom. The van der Waals surface area contributed by atoms with Crippen LogP contribution in [0.4, 0.5) is 17.1 Å². The lowest BCUT2D eigenvalue weighted by molar-refractivity contribution is 1.19. The number of hydrogen-bond acceptors (Lipinski definition) is 2. The Bertz CT molecular complexity index is 3890. The van der Waals surface area contributed by atoms with Crippen molar-refractivity contribution in [1.29, 1.82) is 3.56 Å². The van der Waals surface area contributed by atoms with Crippen LogP contribution in [-0.2, 0) is 0 Å². The third-order valence-corrected chi connectivity index (χ3v) is 15.8. The molecule has 0 aliphatic heterocycles. The van der Waals surface area contributed by atoms with Crippen LogP contribution in [0, 0.1) is 41.8 Å². The molecule has 2 nitrogen and oxygen atoms in total. The van der Waals surface area contributed by atoms with Gasteiger partial charge in [-0.2, -0.15) is 0 Å². The predicted molar refractivity (Wildman–Crippen MR) is 302 cm³/mol. The molecule has 0 saturated heterocycles. The van der Waals surface area contributed by atoms with E-state index in [1.807, 2.05) is 0 Å². The molecule has 0 aromatic heterocycles. The van der Waals surface area contributed by atoms with Crippen LogP contribution in [0.3, 0.4) is 0 Å². The maximum absolute atomic E-state index is 9.26. The molecule has 0 atom stereocenters. The first-order chi connectivity index (χ1) is 33.2. The first-order valence-electron chi connectivity index (χ1n) is 23.5. The number of fused-ring (bicyclic) bond motifs is 9. The number of rotatable bonds is 7. The SMILES string of the molecule is Cc1cc(N(c2cc(C)c(-c3cccc4ccc5ccccc5c34)cc2C)c2cc(I=N)c(-c3cccc4ccc5ccccc5c34)cc2C)c(C)cc1-c1cccc2ccc3ccccc3c12. The van der Waals surface area contributed by atoms with Gasteiger partial charge in [-0.25, -0.2) is 0 Å². The summed E-state index contributed by atoms with van der Waals surface area (Å²) in [5.41, 5.74) is 16.7. The highest BCUT2D eigenvalue weighted by Crippen LogP contribution is 2.48.